The Morgan fingerprint density at radius 2 is 2.14 bits per heavy atom. The fraction of sp³-hybridized carbons (Fsp3) is 0.636. The standard InChI is InChI=1S/C11H17N3/c1-8(7-10-3-4-10)14-11-9(2)12-5-6-13-11/h5-6,8,10H,3-4,7H2,1-2H3,(H,13,14). The molecule has 0 saturated heterocycles. The van der Waals surface area contributed by atoms with Crippen molar-refractivity contribution in [2.45, 2.75) is 39.2 Å². The second-order valence-corrected chi connectivity index (χ2v) is 4.21. The van der Waals surface area contributed by atoms with Crippen LogP contribution in [0.15, 0.2) is 12.4 Å². The summed E-state index contributed by atoms with van der Waals surface area (Å²) < 4.78 is 0. The molecule has 1 aliphatic carbocycles. The van der Waals surface area contributed by atoms with Crippen LogP contribution in [0.25, 0.3) is 0 Å². The van der Waals surface area contributed by atoms with Crippen LogP contribution in [0.1, 0.15) is 31.9 Å². The molecule has 3 heteroatoms. The van der Waals surface area contributed by atoms with Crippen LogP contribution < -0.4 is 5.32 Å². The van der Waals surface area contributed by atoms with Crippen LogP contribution in [0.2, 0.25) is 0 Å². The van der Waals surface area contributed by atoms with Gasteiger partial charge >= 0.3 is 0 Å². The highest BCUT2D eigenvalue weighted by atomic mass is 15.0. The molecule has 2 rings (SSSR count). The number of nitrogens with zero attached hydrogens (tertiary/aromatic N) is 2. The lowest BCUT2D eigenvalue weighted by Gasteiger charge is -2.14. The van der Waals surface area contributed by atoms with Gasteiger partial charge in [-0.25, -0.2) is 4.98 Å². The van der Waals surface area contributed by atoms with Crippen molar-refractivity contribution in [3.63, 3.8) is 0 Å². The molecular weight excluding hydrogens is 174 g/mol. The molecule has 0 amide bonds. The van der Waals surface area contributed by atoms with Crippen LogP contribution in [0.3, 0.4) is 0 Å². The smallest absolute Gasteiger partial charge is 0.147 e. The number of aryl methyl sites for hydroxylation is 1. The summed E-state index contributed by atoms with van der Waals surface area (Å²) in [5, 5.41) is 3.41. The fourth-order valence-corrected chi connectivity index (χ4v) is 1.70. The summed E-state index contributed by atoms with van der Waals surface area (Å²) in [6.07, 6.45) is 7.54. The van der Waals surface area contributed by atoms with Gasteiger partial charge in [0, 0.05) is 18.4 Å². The number of rotatable bonds is 4. The Morgan fingerprint density at radius 3 is 2.79 bits per heavy atom. The van der Waals surface area contributed by atoms with Gasteiger partial charge in [-0.3, -0.25) is 4.98 Å². The molecule has 1 aliphatic rings. The Morgan fingerprint density at radius 1 is 1.43 bits per heavy atom. The zero-order valence-corrected chi connectivity index (χ0v) is 8.83. The molecule has 14 heavy (non-hydrogen) atoms. The van der Waals surface area contributed by atoms with E-state index in [4.69, 9.17) is 0 Å². The minimum absolute atomic E-state index is 0.512. The van der Waals surface area contributed by atoms with Gasteiger partial charge in [0.15, 0.2) is 0 Å². The maximum Gasteiger partial charge on any atom is 0.147 e. The summed E-state index contributed by atoms with van der Waals surface area (Å²) in [6.45, 7) is 4.20. The third-order valence-corrected chi connectivity index (χ3v) is 2.65. The van der Waals surface area contributed by atoms with E-state index < -0.39 is 0 Å². The molecule has 1 aromatic rings. The highest BCUT2D eigenvalue weighted by Gasteiger charge is 2.23. The first-order valence-electron chi connectivity index (χ1n) is 5.30. The van der Waals surface area contributed by atoms with Gasteiger partial charge in [0.1, 0.15) is 5.82 Å². The Labute approximate surface area is 85.0 Å². The first-order valence-corrected chi connectivity index (χ1v) is 5.30. The summed E-state index contributed by atoms with van der Waals surface area (Å²) in [5.41, 5.74) is 0.982. The number of aromatic nitrogens is 2. The number of anilines is 1. The SMILES string of the molecule is Cc1nccnc1NC(C)CC1CC1. The summed E-state index contributed by atoms with van der Waals surface area (Å²) >= 11 is 0. The lowest BCUT2D eigenvalue weighted by Crippen LogP contribution is -2.17. The zero-order valence-electron chi connectivity index (χ0n) is 8.83. The van der Waals surface area contributed by atoms with E-state index in [2.05, 4.69) is 22.2 Å². The predicted octanol–water partition coefficient (Wildman–Crippen LogP) is 2.39. The molecule has 1 aromatic heterocycles. The fourth-order valence-electron chi connectivity index (χ4n) is 1.70. The van der Waals surface area contributed by atoms with Gasteiger partial charge in [0.25, 0.3) is 0 Å². The van der Waals surface area contributed by atoms with Gasteiger partial charge in [0.2, 0.25) is 0 Å². The summed E-state index contributed by atoms with van der Waals surface area (Å²) in [7, 11) is 0. The largest absolute Gasteiger partial charge is 0.366 e. The number of hydrogen-bond acceptors (Lipinski definition) is 3. The minimum Gasteiger partial charge on any atom is -0.366 e. The Hall–Kier alpha value is -1.12. The van der Waals surface area contributed by atoms with Gasteiger partial charge < -0.3 is 5.32 Å². The third-order valence-electron chi connectivity index (χ3n) is 2.65. The van der Waals surface area contributed by atoms with Crippen LogP contribution in [0.4, 0.5) is 5.82 Å². The highest BCUT2D eigenvalue weighted by molar-refractivity contribution is 5.39. The van der Waals surface area contributed by atoms with Gasteiger partial charge in [-0.05, 0) is 26.2 Å². The van der Waals surface area contributed by atoms with Gasteiger partial charge in [-0.1, -0.05) is 12.8 Å². The molecule has 1 unspecified atom stereocenters. The Kier molecular flexibility index (Phi) is 2.66. The highest BCUT2D eigenvalue weighted by Crippen LogP contribution is 2.33. The Balaban J connectivity index is 1.91. The average Bonchev–Trinajstić information content (AvgIpc) is 2.93. The second kappa shape index (κ2) is 3.95. The molecule has 1 heterocycles. The molecule has 3 nitrogen and oxygen atoms in total. The van der Waals surface area contributed by atoms with Crippen LogP contribution in [-0.4, -0.2) is 16.0 Å². The first-order chi connectivity index (χ1) is 6.75. The molecule has 0 radical (unpaired) electrons. The molecule has 0 aromatic carbocycles. The first kappa shape index (κ1) is 9.44. The van der Waals surface area contributed by atoms with Crippen LogP contribution >= 0.6 is 0 Å². The van der Waals surface area contributed by atoms with Crippen LogP contribution in [0.5, 0.6) is 0 Å². The third kappa shape index (κ3) is 2.44. The lowest BCUT2D eigenvalue weighted by molar-refractivity contribution is 0.639. The lowest BCUT2D eigenvalue weighted by atomic mass is 10.1. The van der Waals surface area contributed by atoms with Crippen molar-refractivity contribution < 1.29 is 0 Å². The zero-order chi connectivity index (χ0) is 9.97. The van der Waals surface area contributed by atoms with Crippen molar-refractivity contribution >= 4 is 5.82 Å². The second-order valence-electron chi connectivity index (χ2n) is 4.21. The van der Waals surface area contributed by atoms with Gasteiger partial charge in [-0.2, -0.15) is 0 Å². The summed E-state index contributed by atoms with van der Waals surface area (Å²) in [4.78, 5) is 8.47. The van der Waals surface area contributed by atoms with E-state index in [-0.39, 0.29) is 0 Å². The average molecular weight is 191 g/mol. The maximum absolute atomic E-state index is 4.27. The van der Waals surface area contributed by atoms with E-state index in [9.17, 15) is 0 Å². The topological polar surface area (TPSA) is 37.8 Å². The van der Waals surface area contributed by atoms with Crippen molar-refractivity contribution in [1.29, 1.82) is 0 Å². The monoisotopic (exact) mass is 191 g/mol. The maximum atomic E-state index is 4.27. The van der Waals surface area contributed by atoms with Crippen molar-refractivity contribution in [2.24, 2.45) is 5.92 Å². The number of hydrogen-bond donors (Lipinski definition) is 1. The van der Waals surface area contributed by atoms with Gasteiger partial charge in [-0.15, -0.1) is 0 Å². The molecule has 1 N–H and O–H groups in total. The van der Waals surface area contributed by atoms with E-state index in [1.165, 1.54) is 19.3 Å². The van der Waals surface area contributed by atoms with E-state index in [1.54, 1.807) is 12.4 Å². The summed E-state index contributed by atoms with van der Waals surface area (Å²) in [6, 6.07) is 0.512. The molecule has 1 saturated carbocycles. The molecule has 0 bridgehead atoms. The quantitative estimate of drug-likeness (QED) is 0.794. The summed E-state index contributed by atoms with van der Waals surface area (Å²) in [5.74, 6) is 1.88. The number of nitrogens with one attached hydrogen (secondary N) is 1. The molecule has 0 aliphatic heterocycles. The van der Waals surface area contributed by atoms with Crippen LogP contribution in [0, 0.1) is 12.8 Å². The van der Waals surface area contributed by atoms with E-state index in [0.29, 0.717) is 6.04 Å². The van der Waals surface area contributed by atoms with Crippen molar-refractivity contribution in [3.05, 3.63) is 18.1 Å². The van der Waals surface area contributed by atoms with Crippen molar-refractivity contribution in [2.75, 3.05) is 5.32 Å². The van der Waals surface area contributed by atoms with Crippen molar-refractivity contribution in [1.82, 2.24) is 9.97 Å². The molecule has 1 fully saturated rings. The van der Waals surface area contributed by atoms with E-state index >= 15 is 0 Å². The van der Waals surface area contributed by atoms with Crippen molar-refractivity contribution in [3.8, 4) is 0 Å². The minimum atomic E-state index is 0.512. The Bertz CT molecular complexity index is 307. The van der Waals surface area contributed by atoms with E-state index in [0.717, 1.165) is 17.4 Å². The molecule has 1 atom stereocenters. The molecular formula is C11H17N3. The molecule has 0 spiro atoms. The van der Waals surface area contributed by atoms with Crippen LogP contribution in [-0.2, 0) is 0 Å². The van der Waals surface area contributed by atoms with Gasteiger partial charge in [0.05, 0.1) is 5.69 Å². The molecule has 76 valence electrons. The predicted molar refractivity (Wildman–Crippen MR) is 57.2 cm³/mol. The normalized spacial score (nSPS) is 17.9. The van der Waals surface area contributed by atoms with E-state index in [1.807, 2.05) is 6.92 Å².